The van der Waals surface area contributed by atoms with Crippen LogP contribution in [0.25, 0.3) is 6.08 Å². The van der Waals surface area contributed by atoms with Crippen molar-refractivity contribution in [1.29, 1.82) is 0 Å². The summed E-state index contributed by atoms with van der Waals surface area (Å²) >= 11 is 0. The highest BCUT2D eigenvalue weighted by Crippen LogP contribution is 2.15. The van der Waals surface area contributed by atoms with E-state index in [1.54, 1.807) is 24.1 Å². The maximum absolute atomic E-state index is 12.4. The van der Waals surface area contributed by atoms with Crippen LogP contribution in [0, 0.1) is 12.8 Å². The maximum atomic E-state index is 12.4. The number of hydrogen-bond donors (Lipinski definition) is 1. The second-order valence-electron chi connectivity index (χ2n) is 5.33. The van der Waals surface area contributed by atoms with Crippen molar-refractivity contribution < 1.29 is 14.7 Å². The van der Waals surface area contributed by atoms with Crippen molar-refractivity contribution in [2.75, 3.05) is 13.6 Å². The number of rotatable bonds is 5. The van der Waals surface area contributed by atoms with E-state index < -0.39 is 5.97 Å². The van der Waals surface area contributed by atoms with Crippen molar-refractivity contribution in [3.63, 3.8) is 0 Å². The Labute approximate surface area is 119 Å². The van der Waals surface area contributed by atoms with Crippen molar-refractivity contribution in [2.45, 2.75) is 20.8 Å². The summed E-state index contributed by atoms with van der Waals surface area (Å²) in [6.45, 7) is 6.68. The molecule has 0 aromatic heterocycles. The zero-order valence-corrected chi connectivity index (χ0v) is 12.4. The molecular weight excluding hydrogens is 254 g/mol. The van der Waals surface area contributed by atoms with Gasteiger partial charge in [-0.2, -0.15) is 0 Å². The van der Waals surface area contributed by atoms with E-state index >= 15 is 0 Å². The number of aryl methyl sites for hydroxylation is 1. The Morgan fingerprint density at radius 3 is 2.55 bits per heavy atom. The van der Waals surface area contributed by atoms with E-state index in [0.29, 0.717) is 23.6 Å². The highest BCUT2D eigenvalue weighted by atomic mass is 16.4. The summed E-state index contributed by atoms with van der Waals surface area (Å²) in [5.41, 5.74) is 2.21. The maximum Gasteiger partial charge on any atom is 0.328 e. The molecule has 1 N–H and O–H groups in total. The van der Waals surface area contributed by atoms with Crippen molar-refractivity contribution in [2.24, 2.45) is 5.92 Å². The lowest BCUT2D eigenvalue weighted by atomic mass is 10.0. The van der Waals surface area contributed by atoms with Gasteiger partial charge < -0.3 is 10.0 Å². The molecule has 0 saturated heterocycles. The van der Waals surface area contributed by atoms with Gasteiger partial charge in [-0.1, -0.05) is 26.0 Å². The van der Waals surface area contributed by atoms with Crippen LogP contribution >= 0.6 is 0 Å². The molecule has 0 spiro atoms. The first-order chi connectivity index (χ1) is 9.31. The topological polar surface area (TPSA) is 57.6 Å². The summed E-state index contributed by atoms with van der Waals surface area (Å²) in [5.74, 6) is -0.642. The number of nitrogens with zero attached hydrogens (tertiary/aromatic N) is 1. The third-order valence-corrected chi connectivity index (χ3v) is 2.90. The number of hydrogen-bond acceptors (Lipinski definition) is 2. The van der Waals surface area contributed by atoms with Gasteiger partial charge >= 0.3 is 5.97 Å². The van der Waals surface area contributed by atoms with Gasteiger partial charge in [-0.3, -0.25) is 4.79 Å². The minimum atomic E-state index is -1.00. The average molecular weight is 275 g/mol. The van der Waals surface area contributed by atoms with Crippen LogP contribution in [0.15, 0.2) is 24.3 Å². The molecule has 4 nitrogen and oxygen atoms in total. The normalized spacial score (nSPS) is 11.1. The zero-order valence-electron chi connectivity index (χ0n) is 12.4. The highest BCUT2D eigenvalue weighted by molar-refractivity contribution is 5.96. The Bertz CT molecular complexity index is 533. The van der Waals surface area contributed by atoms with Crippen LogP contribution in [-0.4, -0.2) is 35.5 Å². The van der Waals surface area contributed by atoms with E-state index in [1.165, 1.54) is 6.08 Å². The lowest BCUT2D eigenvalue weighted by Crippen LogP contribution is -2.30. The van der Waals surface area contributed by atoms with E-state index in [0.717, 1.165) is 11.6 Å². The molecule has 1 aromatic rings. The molecule has 0 aliphatic heterocycles. The van der Waals surface area contributed by atoms with Crippen molar-refractivity contribution in [3.05, 3.63) is 41.0 Å². The van der Waals surface area contributed by atoms with E-state index in [2.05, 4.69) is 13.8 Å². The zero-order chi connectivity index (χ0) is 15.3. The first-order valence-corrected chi connectivity index (χ1v) is 6.58. The lowest BCUT2D eigenvalue weighted by molar-refractivity contribution is -0.131. The summed E-state index contributed by atoms with van der Waals surface area (Å²) in [6, 6.07) is 5.36. The second-order valence-corrected chi connectivity index (χ2v) is 5.33. The average Bonchev–Trinajstić information content (AvgIpc) is 2.36. The van der Waals surface area contributed by atoms with Gasteiger partial charge in [-0.05, 0) is 36.1 Å². The van der Waals surface area contributed by atoms with Gasteiger partial charge in [0.2, 0.25) is 0 Å². The summed E-state index contributed by atoms with van der Waals surface area (Å²) in [6.07, 6.45) is 2.55. The predicted molar refractivity (Wildman–Crippen MR) is 79.6 cm³/mol. The van der Waals surface area contributed by atoms with Gasteiger partial charge in [0.1, 0.15) is 0 Å². The molecule has 0 atom stereocenters. The predicted octanol–water partition coefficient (Wildman–Crippen LogP) is 2.82. The smallest absolute Gasteiger partial charge is 0.328 e. The number of amides is 1. The molecule has 0 aliphatic carbocycles. The molecule has 0 heterocycles. The second kappa shape index (κ2) is 6.89. The largest absolute Gasteiger partial charge is 0.478 e. The van der Waals surface area contributed by atoms with Gasteiger partial charge in [0.25, 0.3) is 5.91 Å². The third kappa shape index (κ3) is 4.53. The molecule has 4 heteroatoms. The molecule has 0 bridgehead atoms. The summed E-state index contributed by atoms with van der Waals surface area (Å²) in [4.78, 5) is 24.6. The van der Waals surface area contributed by atoms with Gasteiger partial charge in [-0.25, -0.2) is 4.79 Å². The third-order valence-electron chi connectivity index (χ3n) is 2.90. The minimum Gasteiger partial charge on any atom is -0.478 e. The molecule has 1 aromatic carbocycles. The fraction of sp³-hybridized carbons (Fsp3) is 0.375. The van der Waals surface area contributed by atoms with E-state index in [4.69, 9.17) is 5.11 Å². The summed E-state index contributed by atoms with van der Waals surface area (Å²) in [7, 11) is 1.78. The Kier molecular flexibility index (Phi) is 5.50. The van der Waals surface area contributed by atoms with E-state index in [1.807, 2.05) is 13.0 Å². The lowest BCUT2D eigenvalue weighted by Gasteiger charge is -2.20. The number of carbonyl (C=O) groups is 2. The number of carbonyl (C=O) groups excluding carboxylic acids is 1. The number of carboxylic acids is 1. The number of carboxylic acid groups (broad SMARTS) is 1. The monoisotopic (exact) mass is 275 g/mol. The van der Waals surface area contributed by atoms with Gasteiger partial charge in [0.05, 0.1) is 0 Å². The molecular formula is C16H21NO3. The van der Waals surface area contributed by atoms with Crippen LogP contribution in [0.1, 0.15) is 35.3 Å². The summed E-state index contributed by atoms with van der Waals surface area (Å²) in [5, 5.41) is 8.63. The first-order valence-electron chi connectivity index (χ1n) is 6.58. The molecule has 1 amide bonds. The molecule has 0 aliphatic rings. The first kappa shape index (κ1) is 16.0. The van der Waals surface area contributed by atoms with Crippen molar-refractivity contribution in [3.8, 4) is 0 Å². The van der Waals surface area contributed by atoms with E-state index in [-0.39, 0.29) is 5.91 Å². The SMILES string of the molecule is Cc1ccc(C=CC(=O)O)cc1C(=O)N(C)CC(C)C. The molecule has 0 radical (unpaired) electrons. The van der Waals surface area contributed by atoms with Crippen LogP contribution in [0.3, 0.4) is 0 Å². The highest BCUT2D eigenvalue weighted by Gasteiger charge is 2.15. The summed E-state index contributed by atoms with van der Waals surface area (Å²) < 4.78 is 0. The molecule has 0 saturated carbocycles. The molecule has 0 fully saturated rings. The molecule has 20 heavy (non-hydrogen) atoms. The number of aliphatic carboxylic acids is 1. The van der Waals surface area contributed by atoms with Gasteiger partial charge in [-0.15, -0.1) is 0 Å². The Morgan fingerprint density at radius 1 is 1.35 bits per heavy atom. The van der Waals surface area contributed by atoms with Crippen LogP contribution in [0.5, 0.6) is 0 Å². The van der Waals surface area contributed by atoms with Crippen LogP contribution < -0.4 is 0 Å². The van der Waals surface area contributed by atoms with Crippen molar-refractivity contribution in [1.82, 2.24) is 4.90 Å². The fourth-order valence-corrected chi connectivity index (χ4v) is 1.98. The number of benzene rings is 1. The van der Waals surface area contributed by atoms with Gasteiger partial charge in [0.15, 0.2) is 0 Å². The van der Waals surface area contributed by atoms with Crippen LogP contribution in [0.2, 0.25) is 0 Å². The minimum absolute atomic E-state index is 0.0400. The van der Waals surface area contributed by atoms with Crippen LogP contribution in [-0.2, 0) is 4.79 Å². The fourth-order valence-electron chi connectivity index (χ4n) is 1.98. The van der Waals surface area contributed by atoms with Gasteiger partial charge in [0, 0.05) is 25.2 Å². The Balaban J connectivity index is 3.02. The Hall–Kier alpha value is -2.10. The quantitative estimate of drug-likeness (QED) is 0.841. The van der Waals surface area contributed by atoms with E-state index in [9.17, 15) is 9.59 Å². The molecule has 0 unspecified atom stereocenters. The molecule has 108 valence electrons. The van der Waals surface area contributed by atoms with Crippen molar-refractivity contribution >= 4 is 18.0 Å². The van der Waals surface area contributed by atoms with Crippen LogP contribution in [0.4, 0.5) is 0 Å². The standard InChI is InChI=1S/C16H21NO3/c1-11(2)10-17(4)16(20)14-9-13(6-5-12(14)3)7-8-15(18)19/h5-9,11H,10H2,1-4H3,(H,18,19). The molecule has 1 rings (SSSR count). The Morgan fingerprint density at radius 2 is 2.00 bits per heavy atom.